The van der Waals surface area contributed by atoms with Crippen molar-refractivity contribution in [3.05, 3.63) is 24.2 Å². The molecule has 0 bridgehead atoms. The van der Waals surface area contributed by atoms with Crippen molar-refractivity contribution in [2.24, 2.45) is 0 Å². The van der Waals surface area contributed by atoms with Crippen molar-refractivity contribution in [1.82, 2.24) is 10.2 Å². The van der Waals surface area contributed by atoms with E-state index in [0.29, 0.717) is 12.8 Å². The molecule has 0 fully saturated rings. The number of furan rings is 1. The van der Waals surface area contributed by atoms with Crippen LogP contribution in [0.3, 0.4) is 0 Å². The predicted octanol–water partition coefficient (Wildman–Crippen LogP) is 1.59. The van der Waals surface area contributed by atoms with Crippen LogP contribution in [0.1, 0.15) is 33.0 Å². The summed E-state index contributed by atoms with van der Waals surface area (Å²) in [6, 6.07) is 3.62. The van der Waals surface area contributed by atoms with Gasteiger partial charge in [-0.3, -0.25) is 9.59 Å². The summed E-state index contributed by atoms with van der Waals surface area (Å²) in [7, 11) is 1.63. The first-order chi connectivity index (χ1) is 8.78. The summed E-state index contributed by atoms with van der Waals surface area (Å²) < 4.78 is 5.16. The smallest absolute Gasteiger partial charge is 0.240 e. The molecular weight excluding hydrogens is 244 g/mol. The van der Waals surface area contributed by atoms with E-state index in [1.807, 2.05) is 26.8 Å². The minimum absolute atomic E-state index is 0.0690. The second-order valence-corrected chi connectivity index (χ2v) is 5.63. The van der Waals surface area contributed by atoms with E-state index in [4.69, 9.17) is 4.42 Å². The van der Waals surface area contributed by atoms with E-state index in [1.165, 1.54) is 4.90 Å². The highest BCUT2D eigenvalue weighted by molar-refractivity contribution is 5.85. The van der Waals surface area contributed by atoms with E-state index >= 15 is 0 Å². The highest BCUT2D eigenvalue weighted by atomic mass is 16.3. The van der Waals surface area contributed by atoms with Gasteiger partial charge in [0.2, 0.25) is 11.8 Å². The minimum atomic E-state index is -0.283. The molecule has 106 valence electrons. The van der Waals surface area contributed by atoms with Crippen LogP contribution in [0.15, 0.2) is 22.8 Å². The Morgan fingerprint density at radius 2 is 2.05 bits per heavy atom. The lowest BCUT2D eigenvalue weighted by molar-refractivity contribution is -0.135. The Hall–Kier alpha value is -1.78. The molecule has 0 atom stereocenters. The maximum absolute atomic E-state index is 11.8. The molecule has 19 heavy (non-hydrogen) atoms. The Bertz CT molecular complexity index is 418. The predicted molar refractivity (Wildman–Crippen MR) is 72.6 cm³/mol. The van der Waals surface area contributed by atoms with Crippen LogP contribution in [0.25, 0.3) is 0 Å². The molecule has 0 aliphatic rings. The average molecular weight is 266 g/mol. The Balaban J connectivity index is 2.34. The van der Waals surface area contributed by atoms with E-state index < -0.39 is 0 Å². The fraction of sp³-hybridized carbons (Fsp3) is 0.571. The number of carbonyl (C=O) groups is 2. The average Bonchev–Trinajstić information content (AvgIpc) is 2.75. The number of amides is 2. The lowest BCUT2D eigenvalue weighted by Gasteiger charge is -2.23. The van der Waals surface area contributed by atoms with E-state index in [0.717, 1.165) is 5.76 Å². The first kappa shape index (κ1) is 15.3. The summed E-state index contributed by atoms with van der Waals surface area (Å²) in [5.41, 5.74) is -0.283. The Kier molecular flexibility index (Phi) is 5.15. The van der Waals surface area contributed by atoms with Crippen LogP contribution in [-0.2, 0) is 16.0 Å². The van der Waals surface area contributed by atoms with Gasteiger partial charge in [-0.05, 0) is 32.9 Å². The molecule has 1 aromatic heterocycles. The molecule has 0 spiro atoms. The zero-order chi connectivity index (χ0) is 14.5. The third-order valence-corrected chi connectivity index (χ3v) is 2.49. The molecule has 5 heteroatoms. The van der Waals surface area contributed by atoms with Crippen LogP contribution in [0.4, 0.5) is 0 Å². The van der Waals surface area contributed by atoms with Gasteiger partial charge in [0.05, 0.1) is 12.8 Å². The van der Waals surface area contributed by atoms with Gasteiger partial charge in [-0.25, -0.2) is 0 Å². The van der Waals surface area contributed by atoms with Gasteiger partial charge in [-0.1, -0.05) is 0 Å². The second kappa shape index (κ2) is 6.41. The van der Waals surface area contributed by atoms with Crippen molar-refractivity contribution in [2.75, 3.05) is 13.6 Å². The van der Waals surface area contributed by atoms with Crippen molar-refractivity contribution >= 4 is 11.8 Å². The van der Waals surface area contributed by atoms with Gasteiger partial charge in [0.1, 0.15) is 5.76 Å². The third kappa shape index (κ3) is 6.08. The van der Waals surface area contributed by atoms with Crippen molar-refractivity contribution < 1.29 is 14.0 Å². The lowest BCUT2D eigenvalue weighted by Crippen LogP contribution is -2.46. The third-order valence-electron chi connectivity index (χ3n) is 2.49. The minimum Gasteiger partial charge on any atom is -0.469 e. The molecular formula is C14H22N2O3. The summed E-state index contributed by atoms with van der Waals surface area (Å²) in [5.74, 6) is 0.558. The fourth-order valence-corrected chi connectivity index (χ4v) is 1.64. The van der Waals surface area contributed by atoms with E-state index in [2.05, 4.69) is 5.32 Å². The molecule has 1 aromatic rings. The lowest BCUT2D eigenvalue weighted by atomic mass is 10.1. The van der Waals surface area contributed by atoms with Gasteiger partial charge in [0.15, 0.2) is 0 Å². The van der Waals surface area contributed by atoms with Crippen LogP contribution >= 0.6 is 0 Å². The van der Waals surface area contributed by atoms with Crippen molar-refractivity contribution in [1.29, 1.82) is 0 Å². The fourth-order valence-electron chi connectivity index (χ4n) is 1.64. The molecule has 5 nitrogen and oxygen atoms in total. The van der Waals surface area contributed by atoms with Gasteiger partial charge >= 0.3 is 0 Å². The number of likely N-dealkylation sites (N-methyl/N-ethyl adjacent to an activating group) is 1. The maximum atomic E-state index is 11.8. The maximum Gasteiger partial charge on any atom is 0.240 e. The summed E-state index contributed by atoms with van der Waals surface area (Å²) in [5, 5.41) is 2.82. The molecule has 1 rings (SSSR count). The number of hydrogen-bond donors (Lipinski definition) is 1. The number of carbonyl (C=O) groups excluding carboxylic acids is 2. The summed E-state index contributed by atoms with van der Waals surface area (Å²) in [6.07, 6.45) is 2.48. The highest BCUT2D eigenvalue weighted by Gasteiger charge is 2.17. The zero-order valence-electron chi connectivity index (χ0n) is 12.0. The monoisotopic (exact) mass is 266 g/mol. The SMILES string of the molecule is CN(CC(=O)NC(C)(C)C)C(=O)CCc1ccco1. The Labute approximate surface area is 114 Å². The number of aryl methyl sites for hydroxylation is 1. The molecule has 2 amide bonds. The van der Waals surface area contributed by atoms with Crippen LogP contribution in [0.5, 0.6) is 0 Å². The molecule has 0 saturated carbocycles. The van der Waals surface area contributed by atoms with Crippen LogP contribution in [-0.4, -0.2) is 35.8 Å². The van der Waals surface area contributed by atoms with E-state index in [1.54, 1.807) is 19.4 Å². The van der Waals surface area contributed by atoms with E-state index in [9.17, 15) is 9.59 Å². The molecule has 0 saturated heterocycles. The highest BCUT2D eigenvalue weighted by Crippen LogP contribution is 2.05. The van der Waals surface area contributed by atoms with Crippen molar-refractivity contribution in [3.63, 3.8) is 0 Å². The summed E-state index contributed by atoms with van der Waals surface area (Å²) in [6.45, 7) is 5.80. The molecule has 0 aromatic carbocycles. The zero-order valence-corrected chi connectivity index (χ0v) is 12.0. The number of hydrogen-bond acceptors (Lipinski definition) is 3. The van der Waals surface area contributed by atoms with Gasteiger partial charge < -0.3 is 14.6 Å². The van der Waals surface area contributed by atoms with Gasteiger partial charge in [-0.2, -0.15) is 0 Å². The second-order valence-electron chi connectivity index (χ2n) is 5.63. The van der Waals surface area contributed by atoms with Gasteiger partial charge in [0, 0.05) is 25.4 Å². The molecule has 1 N–H and O–H groups in total. The molecule has 0 aliphatic heterocycles. The standard InChI is InChI=1S/C14H22N2O3/c1-14(2,3)15-12(17)10-16(4)13(18)8-7-11-6-5-9-19-11/h5-6,9H,7-8,10H2,1-4H3,(H,15,17). The van der Waals surface area contributed by atoms with Crippen molar-refractivity contribution in [3.8, 4) is 0 Å². The van der Waals surface area contributed by atoms with Crippen LogP contribution in [0, 0.1) is 0 Å². The summed E-state index contributed by atoms with van der Waals surface area (Å²) in [4.78, 5) is 25.0. The first-order valence-electron chi connectivity index (χ1n) is 6.35. The Morgan fingerprint density at radius 1 is 1.37 bits per heavy atom. The first-order valence-corrected chi connectivity index (χ1v) is 6.35. The van der Waals surface area contributed by atoms with Crippen LogP contribution < -0.4 is 5.32 Å². The topological polar surface area (TPSA) is 62.6 Å². The number of nitrogens with one attached hydrogen (secondary N) is 1. The Morgan fingerprint density at radius 3 is 2.58 bits per heavy atom. The molecule has 0 aliphatic carbocycles. The normalized spacial score (nSPS) is 11.2. The van der Waals surface area contributed by atoms with Crippen LogP contribution in [0.2, 0.25) is 0 Å². The molecule has 0 radical (unpaired) electrons. The number of nitrogens with zero attached hydrogens (tertiary/aromatic N) is 1. The largest absolute Gasteiger partial charge is 0.469 e. The van der Waals surface area contributed by atoms with Crippen molar-refractivity contribution in [2.45, 2.75) is 39.2 Å². The van der Waals surface area contributed by atoms with Gasteiger partial charge in [0.25, 0.3) is 0 Å². The summed E-state index contributed by atoms with van der Waals surface area (Å²) >= 11 is 0. The number of rotatable bonds is 5. The molecule has 0 unspecified atom stereocenters. The van der Waals surface area contributed by atoms with E-state index in [-0.39, 0.29) is 23.9 Å². The molecule has 1 heterocycles. The quantitative estimate of drug-likeness (QED) is 0.880. The van der Waals surface area contributed by atoms with Gasteiger partial charge in [-0.15, -0.1) is 0 Å².